The molecule has 2 heteroatoms. The molecule has 54 valence electrons. The fourth-order valence-corrected chi connectivity index (χ4v) is 1.26. The maximum atomic E-state index is 9.46. The first-order valence-corrected chi connectivity index (χ1v) is 3.44. The fraction of sp³-hybridized carbons (Fsp3) is 1.00. The molecule has 0 spiro atoms. The molecular weight excluding hydrogens is 116 g/mol. The summed E-state index contributed by atoms with van der Waals surface area (Å²) in [5, 5.41) is 9.46. The van der Waals surface area contributed by atoms with Crippen LogP contribution in [0.15, 0.2) is 0 Å². The van der Waals surface area contributed by atoms with Gasteiger partial charge in [-0.1, -0.05) is 0 Å². The highest BCUT2D eigenvalue weighted by Gasteiger charge is 2.27. The SMILES string of the molecule is C[C@H]1C[C@@](C)(O)CCO1. The van der Waals surface area contributed by atoms with E-state index in [1.807, 2.05) is 13.8 Å². The minimum absolute atomic E-state index is 0.230. The molecule has 0 aromatic rings. The monoisotopic (exact) mass is 130 g/mol. The van der Waals surface area contributed by atoms with E-state index in [2.05, 4.69) is 0 Å². The summed E-state index contributed by atoms with van der Waals surface area (Å²) in [6.07, 6.45) is 1.78. The Morgan fingerprint density at radius 2 is 2.33 bits per heavy atom. The predicted molar refractivity (Wildman–Crippen MR) is 35.3 cm³/mol. The molecule has 1 N–H and O–H groups in total. The summed E-state index contributed by atoms with van der Waals surface area (Å²) in [5.74, 6) is 0. The Balaban J connectivity index is 2.41. The molecule has 0 unspecified atom stereocenters. The van der Waals surface area contributed by atoms with Crippen molar-refractivity contribution in [1.82, 2.24) is 0 Å². The van der Waals surface area contributed by atoms with E-state index in [0.29, 0.717) is 6.61 Å². The van der Waals surface area contributed by atoms with Crippen molar-refractivity contribution in [2.24, 2.45) is 0 Å². The molecule has 0 amide bonds. The van der Waals surface area contributed by atoms with Gasteiger partial charge in [0.15, 0.2) is 0 Å². The lowest BCUT2D eigenvalue weighted by Gasteiger charge is -2.32. The maximum absolute atomic E-state index is 9.46. The van der Waals surface area contributed by atoms with Crippen LogP contribution < -0.4 is 0 Å². The van der Waals surface area contributed by atoms with Crippen LogP contribution in [-0.2, 0) is 4.74 Å². The first-order valence-electron chi connectivity index (χ1n) is 3.44. The third kappa shape index (κ3) is 1.95. The standard InChI is InChI=1S/C7H14O2/c1-6-5-7(2,8)3-4-9-6/h6,8H,3-5H2,1-2H3/t6-,7-/m0/s1. The van der Waals surface area contributed by atoms with Crippen molar-refractivity contribution in [1.29, 1.82) is 0 Å². The van der Waals surface area contributed by atoms with Crippen molar-refractivity contribution in [2.75, 3.05) is 6.61 Å². The molecular formula is C7H14O2. The van der Waals surface area contributed by atoms with Gasteiger partial charge in [0.2, 0.25) is 0 Å². The van der Waals surface area contributed by atoms with Crippen LogP contribution in [0.3, 0.4) is 0 Å². The van der Waals surface area contributed by atoms with E-state index in [0.717, 1.165) is 12.8 Å². The predicted octanol–water partition coefficient (Wildman–Crippen LogP) is 0.936. The van der Waals surface area contributed by atoms with Gasteiger partial charge in [-0.25, -0.2) is 0 Å². The summed E-state index contributed by atoms with van der Waals surface area (Å²) in [6.45, 7) is 4.56. The molecule has 1 rings (SSSR count). The number of hydrogen-bond donors (Lipinski definition) is 1. The molecule has 1 fully saturated rings. The molecule has 1 aliphatic heterocycles. The van der Waals surface area contributed by atoms with Crippen LogP contribution in [0, 0.1) is 0 Å². The molecule has 0 aliphatic carbocycles. The van der Waals surface area contributed by atoms with Crippen molar-refractivity contribution in [3.8, 4) is 0 Å². The Hall–Kier alpha value is -0.0800. The Kier molecular flexibility index (Phi) is 1.78. The molecule has 1 heterocycles. The quantitative estimate of drug-likeness (QED) is 0.528. The highest BCUT2D eigenvalue weighted by Crippen LogP contribution is 2.23. The summed E-state index contributed by atoms with van der Waals surface area (Å²) in [6, 6.07) is 0. The molecule has 0 radical (unpaired) electrons. The van der Waals surface area contributed by atoms with E-state index < -0.39 is 5.60 Å². The van der Waals surface area contributed by atoms with Crippen molar-refractivity contribution in [2.45, 2.75) is 38.4 Å². The Morgan fingerprint density at radius 3 is 2.67 bits per heavy atom. The minimum Gasteiger partial charge on any atom is -0.390 e. The van der Waals surface area contributed by atoms with Crippen LogP contribution in [0.2, 0.25) is 0 Å². The van der Waals surface area contributed by atoms with Crippen molar-refractivity contribution < 1.29 is 9.84 Å². The zero-order valence-electron chi connectivity index (χ0n) is 6.05. The van der Waals surface area contributed by atoms with Gasteiger partial charge < -0.3 is 9.84 Å². The normalized spacial score (nSPS) is 45.0. The smallest absolute Gasteiger partial charge is 0.0666 e. The zero-order chi connectivity index (χ0) is 6.91. The average Bonchev–Trinajstić information content (AvgIpc) is 1.60. The number of aliphatic hydroxyl groups is 1. The van der Waals surface area contributed by atoms with Gasteiger partial charge in [0.05, 0.1) is 11.7 Å². The molecule has 9 heavy (non-hydrogen) atoms. The van der Waals surface area contributed by atoms with E-state index in [1.165, 1.54) is 0 Å². The molecule has 2 nitrogen and oxygen atoms in total. The average molecular weight is 130 g/mol. The lowest BCUT2D eigenvalue weighted by molar-refractivity contribution is -0.0865. The van der Waals surface area contributed by atoms with Crippen LogP contribution in [0.4, 0.5) is 0 Å². The summed E-state index contributed by atoms with van der Waals surface area (Å²) in [5.41, 5.74) is -0.475. The van der Waals surface area contributed by atoms with Crippen molar-refractivity contribution in [3.63, 3.8) is 0 Å². The van der Waals surface area contributed by atoms with Gasteiger partial charge in [0, 0.05) is 13.0 Å². The summed E-state index contributed by atoms with van der Waals surface area (Å²) in [7, 11) is 0. The van der Waals surface area contributed by atoms with E-state index >= 15 is 0 Å². The van der Waals surface area contributed by atoms with Gasteiger partial charge in [-0.2, -0.15) is 0 Å². The third-order valence-electron chi connectivity index (χ3n) is 1.77. The topological polar surface area (TPSA) is 29.5 Å². The van der Waals surface area contributed by atoms with E-state index in [9.17, 15) is 5.11 Å². The van der Waals surface area contributed by atoms with Crippen molar-refractivity contribution >= 4 is 0 Å². The van der Waals surface area contributed by atoms with E-state index in [4.69, 9.17) is 4.74 Å². The van der Waals surface area contributed by atoms with E-state index in [-0.39, 0.29) is 6.10 Å². The van der Waals surface area contributed by atoms with Crippen molar-refractivity contribution in [3.05, 3.63) is 0 Å². The van der Waals surface area contributed by atoms with Gasteiger partial charge in [0.25, 0.3) is 0 Å². The summed E-state index contributed by atoms with van der Waals surface area (Å²) < 4.78 is 5.25. The maximum Gasteiger partial charge on any atom is 0.0666 e. The number of ether oxygens (including phenoxy) is 1. The first kappa shape index (κ1) is 7.03. The van der Waals surface area contributed by atoms with Gasteiger partial charge in [-0.15, -0.1) is 0 Å². The highest BCUT2D eigenvalue weighted by atomic mass is 16.5. The first-order chi connectivity index (χ1) is 4.10. The summed E-state index contributed by atoms with van der Waals surface area (Å²) >= 11 is 0. The van der Waals surface area contributed by atoms with Crippen LogP contribution in [0.5, 0.6) is 0 Å². The number of hydrogen-bond acceptors (Lipinski definition) is 2. The van der Waals surface area contributed by atoms with Gasteiger partial charge >= 0.3 is 0 Å². The number of rotatable bonds is 0. The summed E-state index contributed by atoms with van der Waals surface area (Å²) in [4.78, 5) is 0. The molecule has 1 saturated heterocycles. The van der Waals surface area contributed by atoms with Crippen LogP contribution >= 0.6 is 0 Å². The molecule has 0 aromatic heterocycles. The molecule has 0 aromatic carbocycles. The fourth-order valence-electron chi connectivity index (χ4n) is 1.26. The Morgan fingerprint density at radius 1 is 1.67 bits per heavy atom. The third-order valence-corrected chi connectivity index (χ3v) is 1.77. The second-order valence-electron chi connectivity index (χ2n) is 3.13. The Labute approximate surface area is 55.8 Å². The molecule has 2 atom stereocenters. The lowest BCUT2D eigenvalue weighted by atomic mass is 9.93. The Bertz CT molecular complexity index is 99.1. The highest BCUT2D eigenvalue weighted by molar-refractivity contribution is 4.78. The minimum atomic E-state index is -0.475. The van der Waals surface area contributed by atoms with Gasteiger partial charge in [0.1, 0.15) is 0 Å². The zero-order valence-corrected chi connectivity index (χ0v) is 6.05. The van der Waals surface area contributed by atoms with Crippen LogP contribution in [0.25, 0.3) is 0 Å². The van der Waals surface area contributed by atoms with Crippen LogP contribution in [-0.4, -0.2) is 23.4 Å². The van der Waals surface area contributed by atoms with Gasteiger partial charge in [-0.05, 0) is 20.3 Å². The largest absolute Gasteiger partial charge is 0.390 e. The lowest BCUT2D eigenvalue weighted by Crippen LogP contribution is -2.36. The second kappa shape index (κ2) is 2.27. The van der Waals surface area contributed by atoms with Gasteiger partial charge in [-0.3, -0.25) is 0 Å². The molecule has 0 saturated carbocycles. The van der Waals surface area contributed by atoms with E-state index in [1.54, 1.807) is 0 Å². The molecule has 1 aliphatic rings. The molecule has 0 bridgehead atoms. The second-order valence-corrected chi connectivity index (χ2v) is 3.13. The van der Waals surface area contributed by atoms with Crippen LogP contribution in [0.1, 0.15) is 26.7 Å².